The molecular weight excluding hydrogens is 148 g/mol. The van der Waals surface area contributed by atoms with Gasteiger partial charge in [-0.05, 0) is 25.8 Å². The van der Waals surface area contributed by atoms with Gasteiger partial charge in [0, 0.05) is 12.6 Å². The first-order valence-corrected chi connectivity index (χ1v) is 4.78. The summed E-state index contributed by atoms with van der Waals surface area (Å²) in [6.45, 7) is 8.87. The Bertz CT molecular complexity index is 181. The van der Waals surface area contributed by atoms with Crippen LogP contribution in [-0.2, 0) is 0 Å². The van der Waals surface area contributed by atoms with Crippen LogP contribution in [0.3, 0.4) is 0 Å². The Morgan fingerprint density at radius 2 is 2.25 bits per heavy atom. The van der Waals surface area contributed by atoms with E-state index in [1.54, 1.807) is 0 Å². The molecule has 68 valence electrons. The highest BCUT2D eigenvalue weighted by Crippen LogP contribution is 2.23. The molecule has 2 heteroatoms. The summed E-state index contributed by atoms with van der Waals surface area (Å²) in [4.78, 5) is 2.43. The van der Waals surface area contributed by atoms with Gasteiger partial charge in [-0.15, -0.1) is 0 Å². The minimum Gasteiger partial charge on any atom is -0.299 e. The summed E-state index contributed by atoms with van der Waals surface area (Å²) in [6, 6.07) is 2.85. The molecule has 2 atom stereocenters. The van der Waals surface area contributed by atoms with Crippen LogP contribution < -0.4 is 0 Å². The highest BCUT2D eigenvalue weighted by molar-refractivity contribution is 4.96. The molecule has 0 bridgehead atoms. The largest absolute Gasteiger partial charge is 0.299 e. The van der Waals surface area contributed by atoms with E-state index in [0.29, 0.717) is 12.0 Å². The molecule has 0 aromatic heterocycles. The van der Waals surface area contributed by atoms with Crippen molar-refractivity contribution in [3.8, 4) is 6.07 Å². The normalized spacial score (nSPS) is 30.9. The van der Waals surface area contributed by atoms with Crippen LogP contribution in [0.25, 0.3) is 0 Å². The van der Waals surface area contributed by atoms with Crippen molar-refractivity contribution in [3.63, 3.8) is 0 Å². The van der Waals surface area contributed by atoms with Crippen LogP contribution in [0, 0.1) is 23.2 Å². The van der Waals surface area contributed by atoms with E-state index in [1.807, 2.05) is 0 Å². The van der Waals surface area contributed by atoms with Crippen LogP contribution in [0.5, 0.6) is 0 Å². The van der Waals surface area contributed by atoms with Gasteiger partial charge in [0.15, 0.2) is 0 Å². The Morgan fingerprint density at radius 1 is 1.58 bits per heavy atom. The zero-order valence-electron chi connectivity index (χ0n) is 8.25. The molecule has 1 saturated heterocycles. The maximum Gasteiger partial charge on any atom is 0.0672 e. The van der Waals surface area contributed by atoms with Gasteiger partial charge in [-0.2, -0.15) is 5.26 Å². The van der Waals surface area contributed by atoms with E-state index in [1.165, 1.54) is 0 Å². The highest BCUT2D eigenvalue weighted by Gasteiger charge is 2.30. The molecule has 0 amide bonds. The van der Waals surface area contributed by atoms with E-state index in [0.717, 1.165) is 19.5 Å². The third-order valence-corrected chi connectivity index (χ3v) is 2.65. The van der Waals surface area contributed by atoms with Crippen molar-refractivity contribution in [2.24, 2.45) is 11.8 Å². The van der Waals surface area contributed by atoms with Crippen LogP contribution in [0.1, 0.15) is 27.2 Å². The van der Waals surface area contributed by atoms with Crippen molar-refractivity contribution in [1.82, 2.24) is 4.90 Å². The molecule has 1 fully saturated rings. The molecule has 1 rings (SSSR count). The lowest BCUT2D eigenvalue weighted by molar-refractivity contribution is 0.228. The molecule has 0 spiro atoms. The summed E-state index contributed by atoms with van der Waals surface area (Å²) in [7, 11) is 0. The van der Waals surface area contributed by atoms with E-state index in [4.69, 9.17) is 5.26 Å². The third-order valence-electron chi connectivity index (χ3n) is 2.65. The fourth-order valence-electron chi connectivity index (χ4n) is 1.90. The second-order valence-corrected chi connectivity index (χ2v) is 4.15. The van der Waals surface area contributed by atoms with E-state index < -0.39 is 0 Å². The summed E-state index contributed by atoms with van der Waals surface area (Å²) in [6.07, 6.45) is 1.06. The first kappa shape index (κ1) is 9.54. The summed E-state index contributed by atoms with van der Waals surface area (Å²) in [5.74, 6) is 0.980. The molecule has 2 unspecified atom stereocenters. The van der Waals surface area contributed by atoms with Gasteiger partial charge in [-0.3, -0.25) is 4.90 Å². The average molecular weight is 166 g/mol. The first-order valence-electron chi connectivity index (χ1n) is 4.78. The predicted molar refractivity (Wildman–Crippen MR) is 49.6 cm³/mol. The van der Waals surface area contributed by atoms with Crippen LogP contribution in [-0.4, -0.2) is 24.0 Å². The number of hydrogen-bond acceptors (Lipinski definition) is 2. The number of nitriles is 1. The standard InChI is InChI=1S/C10H18N2/c1-8(2)7-12-5-4-10(6-11)9(12)3/h8-10H,4-5,7H2,1-3H3. The summed E-state index contributed by atoms with van der Waals surface area (Å²) in [5.41, 5.74) is 0. The quantitative estimate of drug-likeness (QED) is 0.626. The van der Waals surface area contributed by atoms with Crippen molar-refractivity contribution in [3.05, 3.63) is 0 Å². The van der Waals surface area contributed by atoms with Crippen molar-refractivity contribution < 1.29 is 0 Å². The maximum atomic E-state index is 8.81. The topological polar surface area (TPSA) is 27.0 Å². The zero-order valence-corrected chi connectivity index (χ0v) is 8.25. The molecule has 1 aliphatic heterocycles. The Kier molecular flexibility index (Phi) is 3.11. The van der Waals surface area contributed by atoms with Gasteiger partial charge in [0.25, 0.3) is 0 Å². The van der Waals surface area contributed by atoms with Crippen molar-refractivity contribution >= 4 is 0 Å². The number of nitrogens with zero attached hydrogens (tertiary/aromatic N) is 2. The van der Waals surface area contributed by atoms with Crippen LogP contribution in [0.15, 0.2) is 0 Å². The van der Waals surface area contributed by atoms with Gasteiger partial charge >= 0.3 is 0 Å². The predicted octanol–water partition coefficient (Wildman–Crippen LogP) is 1.88. The summed E-state index contributed by atoms with van der Waals surface area (Å²) < 4.78 is 0. The smallest absolute Gasteiger partial charge is 0.0672 e. The molecule has 0 aromatic rings. The van der Waals surface area contributed by atoms with E-state index >= 15 is 0 Å². The van der Waals surface area contributed by atoms with E-state index in [9.17, 15) is 0 Å². The SMILES string of the molecule is CC(C)CN1CCC(C#N)C1C. The molecule has 12 heavy (non-hydrogen) atoms. The molecule has 1 heterocycles. The van der Waals surface area contributed by atoms with Gasteiger partial charge in [0.05, 0.1) is 12.0 Å². The first-order chi connectivity index (χ1) is 5.65. The second-order valence-electron chi connectivity index (χ2n) is 4.15. The molecule has 0 aromatic carbocycles. The van der Waals surface area contributed by atoms with Gasteiger partial charge in [0.2, 0.25) is 0 Å². The Morgan fingerprint density at radius 3 is 2.67 bits per heavy atom. The van der Waals surface area contributed by atoms with E-state index in [-0.39, 0.29) is 5.92 Å². The Balaban J connectivity index is 2.45. The second kappa shape index (κ2) is 3.91. The molecule has 0 aliphatic carbocycles. The monoisotopic (exact) mass is 166 g/mol. The lowest BCUT2D eigenvalue weighted by Gasteiger charge is -2.23. The van der Waals surface area contributed by atoms with Crippen LogP contribution in [0.2, 0.25) is 0 Å². The fraction of sp³-hybridized carbons (Fsp3) is 0.900. The van der Waals surface area contributed by atoms with Gasteiger partial charge < -0.3 is 0 Å². The molecule has 0 radical (unpaired) electrons. The third kappa shape index (κ3) is 1.98. The minimum atomic E-state index is 0.267. The van der Waals surface area contributed by atoms with Crippen molar-refractivity contribution in [1.29, 1.82) is 5.26 Å². The Labute approximate surface area is 75.2 Å². The average Bonchev–Trinajstić information content (AvgIpc) is 2.32. The molecule has 0 saturated carbocycles. The number of rotatable bonds is 2. The lowest BCUT2D eigenvalue weighted by Crippen LogP contribution is -2.32. The van der Waals surface area contributed by atoms with Crippen molar-refractivity contribution in [2.45, 2.75) is 33.2 Å². The highest BCUT2D eigenvalue weighted by atomic mass is 15.2. The Hall–Kier alpha value is -0.550. The summed E-state index contributed by atoms with van der Waals surface area (Å²) >= 11 is 0. The van der Waals surface area contributed by atoms with E-state index in [2.05, 4.69) is 31.7 Å². The summed E-state index contributed by atoms with van der Waals surface area (Å²) in [5, 5.41) is 8.81. The maximum absolute atomic E-state index is 8.81. The molecular formula is C10H18N2. The number of likely N-dealkylation sites (tertiary alicyclic amines) is 1. The van der Waals surface area contributed by atoms with Crippen LogP contribution >= 0.6 is 0 Å². The van der Waals surface area contributed by atoms with Gasteiger partial charge in [-0.1, -0.05) is 13.8 Å². The molecule has 1 aliphatic rings. The number of hydrogen-bond donors (Lipinski definition) is 0. The van der Waals surface area contributed by atoms with Crippen LogP contribution in [0.4, 0.5) is 0 Å². The lowest BCUT2D eigenvalue weighted by atomic mass is 10.0. The molecule has 2 nitrogen and oxygen atoms in total. The fourth-order valence-corrected chi connectivity index (χ4v) is 1.90. The van der Waals surface area contributed by atoms with Crippen molar-refractivity contribution in [2.75, 3.05) is 13.1 Å². The zero-order chi connectivity index (χ0) is 9.14. The molecule has 0 N–H and O–H groups in total. The van der Waals surface area contributed by atoms with Gasteiger partial charge in [0.1, 0.15) is 0 Å². The van der Waals surface area contributed by atoms with Gasteiger partial charge in [-0.25, -0.2) is 0 Å². The minimum absolute atomic E-state index is 0.267.